The number of hydrogen-bond donors (Lipinski definition) is 2. The Balaban J connectivity index is 2.54. The van der Waals surface area contributed by atoms with E-state index < -0.39 is 18.2 Å². The van der Waals surface area contributed by atoms with Gasteiger partial charge in [-0.2, -0.15) is 18.4 Å². The molecule has 2 aromatic rings. The quantitative estimate of drug-likeness (QED) is 0.527. The Morgan fingerprint density at radius 1 is 1.20 bits per heavy atom. The molecule has 0 heterocycles. The molecule has 160 valence electrons. The zero-order chi connectivity index (χ0) is 22.3. The third kappa shape index (κ3) is 5.97. The van der Waals surface area contributed by atoms with Gasteiger partial charge in [-0.3, -0.25) is 4.79 Å². The van der Waals surface area contributed by atoms with E-state index in [1.807, 2.05) is 13.0 Å². The van der Waals surface area contributed by atoms with Gasteiger partial charge in [-0.25, -0.2) is 0 Å². The summed E-state index contributed by atoms with van der Waals surface area (Å²) in [6.07, 6.45) is -6.35. The average Bonchev–Trinajstić information content (AvgIpc) is 2.70. The number of carboxylic acids is 1. The lowest BCUT2D eigenvalue weighted by molar-refractivity contribution is -0.222. The van der Waals surface area contributed by atoms with Gasteiger partial charge in [-0.15, -0.1) is 0 Å². The second-order valence-corrected chi connectivity index (χ2v) is 6.74. The summed E-state index contributed by atoms with van der Waals surface area (Å²) < 4.78 is 45.9. The molecule has 0 saturated heterocycles. The minimum atomic E-state index is -4.62. The topological polar surface area (TPSA) is 82.3 Å². The summed E-state index contributed by atoms with van der Waals surface area (Å²) in [5, 5.41) is 21.0. The zero-order valence-corrected chi connectivity index (χ0v) is 16.7. The summed E-state index contributed by atoms with van der Waals surface area (Å²) in [6, 6.07) is 12.7. The van der Waals surface area contributed by atoms with E-state index in [-0.39, 0.29) is 30.2 Å². The monoisotopic (exact) mass is 420 g/mol. The van der Waals surface area contributed by atoms with Crippen LogP contribution in [0.3, 0.4) is 0 Å². The van der Waals surface area contributed by atoms with Gasteiger partial charge >= 0.3 is 12.1 Å². The number of carbonyl (C=O) groups is 1. The van der Waals surface area contributed by atoms with Gasteiger partial charge in [0, 0.05) is 23.5 Å². The Morgan fingerprint density at radius 3 is 2.37 bits per heavy atom. The Kier molecular flexibility index (Phi) is 7.84. The smallest absolute Gasteiger partial charge is 0.418 e. The molecule has 0 aliphatic heterocycles. The molecule has 0 bridgehead atoms. The van der Waals surface area contributed by atoms with Crippen molar-refractivity contribution in [2.75, 3.05) is 11.9 Å². The molecule has 0 saturated carbocycles. The fraction of sp³-hybridized carbons (Fsp3) is 0.364. The van der Waals surface area contributed by atoms with Crippen LogP contribution < -0.4 is 5.32 Å². The Morgan fingerprint density at radius 2 is 1.87 bits per heavy atom. The third-order valence-electron chi connectivity index (χ3n) is 4.67. The molecule has 0 amide bonds. The minimum Gasteiger partial charge on any atom is -0.481 e. The summed E-state index contributed by atoms with van der Waals surface area (Å²) >= 11 is 0. The third-order valence-corrected chi connectivity index (χ3v) is 4.67. The molecular weight excluding hydrogens is 397 g/mol. The first kappa shape index (κ1) is 23.2. The molecule has 2 aromatic carbocycles. The highest BCUT2D eigenvalue weighted by Crippen LogP contribution is 2.41. The first-order valence-corrected chi connectivity index (χ1v) is 9.50. The molecule has 2 atom stereocenters. The number of ether oxygens (including phenoxy) is 1. The number of alkyl halides is 3. The van der Waals surface area contributed by atoms with E-state index in [2.05, 4.69) is 5.32 Å². The van der Waals surface area contributed by atoms with Gasteiger partial charge < -0.3 is 15.2 Å². The molecular formula is C22H23F3N2O3. The first-order valence-electron chi connectivity index (χ1n) is 9.50. The molecule has 2 N–H and O–H groups in total. The van der Waals surface area contributed by atoms with Crippen molar-refractivity contribution in [1.29, 1.82) is 5.26 Å². The van der Waals surface area contributed by atoms with Crippen molar-refractivity contribution in [3.63, 3.8) is 0 Å². The summed E-state index contributed by atoms with van der Waals surface area (Å²) in [4.78, 5) is 11.2. The number of carboxylic acid groups (broad SMARTS) is 1. The number of benzene rings is 2. The normalized spacial score (nSPS) is 13.3. The second kappa shape index (κ2) is 10.1. The molecule has 0 aliphatic rings. The number of anilines is 2. The molecule has 0 radical (unpaired) electrons. The highest BCUT2D eigenvalue weighted by Gasteiger charge is 2.43. The van der Waals surface area contributed by atoms with Crippen LogP contribution in [0.15, 0.2) is 42.5 Å². The van der Waals surface area contributed by atoms with Crippen molar-refractivity contribution in [3.8, 4) is 6.07 Å². The van der Waals surface area contributed by atoms with Crippen molar-refractivity contribution in [3.05, 3.63) is 59.2 Å². The van der Waals surface area contributed by atoms with Crippen molar-refractivity contribution >= 4 is 17.3 Å². The Bertz CT molecular complexity index is 905. The van der Waals surface area contributed by atoms with Crippen LogP contribution in [-0.4, -0.2) is 23.9 Å². The maximum Gasteiger partial charge on any atom is 0.418 e. The number of aliphatic carboxylic acids is 1. The lowest BCUT2D eigenvalue weighted by Gasteiger charge is -2.25. The minimum absolute atomic E-state index is 0.0948. The number of halogens is 3. The van der Waals surface area contributed by atoms with Crippen LogP contribution in [0.4, 0.5) is 24.5 Å². The number of nitrogens with one attached hydrogen (secondary N) is 1. The molecule has 0 aromatic heterocycles. The molecule has 2 rings (SSSR count). The Hall–Kier alpha value is -3.05. The van der Waals surface area contributed by atoms with Crippen molar-refractivity contribution in [1.82, 2.24) is 0 Å². The SMILES string of the molecule is CCO[C@H](c1ccc(C(CC)CC(=O)O)cc1Nc1ccc(C#N)cc1)C(F)(F)F. The van der Waals surface area contributed by atoms with Crippen LogP contribution in [0.2, 0.25) is 0 Å². The maximum atomic E-state index is 13.6. The lowest BCUT2D eigenvalue weighted by atomic mass is 9.91. The van der Waals surface area contributed by atoms with E-state index in [9.17, 15) is 18.0 Å². The number of nitriles is 1. The fourth-order valence-electron chi connectivity index (χ4n) is 3.18. The maximum absolute atomic E-state index is 13.6. The van der Waals surface area contributed by atoms with Crippen LogP contribution in [0.25, 0.3) is 0 Å². The summed E-state index contributed by atoms with van der Waals surface area (Å²) in [5.41, 5.74) is 1.62. The van der Waals surface area contributed by atoms with Crippen LogP contribution in [0, 0.1) is 11.3 Å². The van der Waals surface area contributed by atoms with Gasteiger partial charge in [0.15, 0.2) is 6.10 Å². The Labute approximate surface area is 173 Å². The predicted octanol–water partition coefficient (Wildman–Crippen LogP) is 5.91. The average molecular weight is 420 g/mol. The fourth-order valence-corrected chi connectivity index (χ4v) is 3.18. The molecule has 5 nitrogen and oxygen atoms in total. The highest BCUT2D eigenvalue weighted by atomic mass is 19.4. The van der Waals surface area contributed by atoms with Gasteiger partial charge in [0.2, 0.25) is 0 Å². The standard InChI is InChI=1S/C22H23F3N2O3/c1-3-15(12-20(28)29)16-7-10-18(21(30-4-2)22(23,24)25)19(11-16)27-17-8-5-14(13-26)6-9-17/h5-11,15,21,27H,3-4,12H2,1-2H3,(H,28,29)/t15?,21-/m1/s1. The first-order chi connectivity index (χ1) is 14.2. The molecule has 0 spiro atoms. The van der Waals surface area contributed by atoms with Gasteiger partial charge in [0.05, 0.1) is 18.1 Å². The summed E-state index contributed by atoms with van der Waals surface area (Å²) in [7, 11) is 0. The van der Waals surface area contributed by atoms with Gasteiger partial charge in [-0.05, 0) is 55.2 Å². The van der Waals surface area contributed by atoms with Gasteiger partial charge in [-0.1, -0.05) is 19.1 Å². The van der Waals surface area contributed by atoms with Gasteiger partial charge in [0.25, 0.3) is 0 Å². The number of hydrogen-bond acceptors (Lipinski definition) is 4. The van der Waals surface area contributed by atoms with Crippen molar-refractivity contribution < 1.29 is 27.8 Å². The van der Waals surface area contributed by atoms with Crippen LogP contribution in [0.5, 0.6) is 0 Å². The molecule has 0 fully saturated rings. The van der Waals surface area contributed by atoms with Gasteiger partial charge in [0.1, 0.15) is 0 Å². The summed E-state index contributed by atoms with van der Waals surface area (Å²) in [5.74, 6) is -1.32. The van der Waals surface area contributed by atoms with E-state index in [1.165, 1.54) is 19.1 Å². The molecule has 1 unspecified atom stereocenters. The number of nitrogens with zero attached hydrogens (tertiary/aromatic N) is 1. The zero-order valence-electron chi connectivity index (χ0n) is 16.7. The lowest BCUT2D eigenvalue weighted by Crippen LogP contribution is -2.24. The largest absolute Gasteiger partial charge is 0.481 e. The van der Waals surface area contributed by atoms with Crippen LogP contribution in [-0.2, 0) is 9.53 Å². The molecule has 0 aliphatic carbocycles. The molecule has 30 heavy (non-hydrogen) atoms. The molecule has 8 heteroatoms. The van der Waals surface area contributed by atoms with E-state index in [0.29, 0.717) is 23.2 Å². The summed E-state index contributed by atoms with van der Waals surface area (Å²) in [6.45, 7) is 3.19. The van der Waals surface area contributed by atoms with E-state index >= 15 is 0 Å². The van der Waals surface area contributed by atoms with Crippen molar-refractivity contribution in [2.45, 2.75) is 44.9 Å². The number of rotatable bonds is 9. The van der Waals surface area contributed by atoms with Crippen LogP contribution in [0.1, 0.15) is 55.4 Å². The highest BCUT2D eigenvalue weighted by molar-refractivity contribution is 5.69. The van der Waals surface area contributed by atoms with Crippen molar-refractivity contribution in [2.24, 2.45) is 0 Å². The van der Waals surface area contributed by atoms with E-state index in [0.717, 1.165) is 0 Å². The predicted molar refractivity (Wildman–Crippen MR) is 107 cm³/mol. The second-order valence-electron chi connectivity index (χ2n) is 6.74. The van der Waals surface area contributed by atoms with E-state index in [1.54, 1.807) is 30.3 Å². The van der Waals surface area contributed by atoms with Crippen LogP contribution >= 0.6 is 0 Å². The van der Waals surface area contributed by atoms with E-state index in [4.69, 9.17) is 15.1 Å².